The number of ether oxygens (including phenoxy) is 1. The number of hydrogen-bond acceptors (Lipinski definition) is 4. The monoisotopic (exact) mass is 396 g/mol. The average Bonchev–Trinajstić information content (AvgIpc) is 2.64. The first kappa shape index (κ1) is 21.4. The third-order valence-electron chi connectivity index (χ3n) is 6.43. The van der Waals surface area contributed by atoms with E-state index in [1.165, 1.54) is 17.2 Å². The van der Waals surface area contributed by atoms with Gasteiger partial charge in [-0.1, -0.05) is 43.7 Å². The number of allylic oxidation sites excluding steroid dienone is 2. The quantitative estimate of drug-likeness (QED) is 0.513. The van der Waals surface area contributed by atoms with Crippen LogP contribution in [0.2, 0.25) is 0 Å². The average molecular weight is 397 g/mol. The van der Waals surface area contributed by atoms with Crippen LogP contribution in [0.4, 0.5) is 0 Å². The normalized spacial score (nSPS) is 22.1. The van der Waals surface area contributed by atoms with Crippen LogP contribution >= 0.6 is 0 Å². The Bertz CT molecular complexity index is 980. The number of aliphatic hydroxyl groups is 1. The zero-order chi connectivity index (χ0) is 21.2. The number of benzene rings is 1. The van der Waals surface area contributed by atoms with Crippen molar-refractivity contribution >= 4 is 11.0 Å². The number of rotatable bonds is 6. The molecule has 0 spiro atoms. The lowest BCUT2D eigenvalue weighted by atomic mass is 9.63. The third-order valence-corrected chi connectivity index (χ3v) is 6.43. The second kappa shape index (κ2) is 8.58. The molecule has 1 aliphatic carbocycles. The zero-order valence-electron chi connectivity index (χ0n) is 18.0. The van der Waals surface area contributed by atoms with Crippen molar-refractivity contribution in [3.63, 3.8) is 0 Å². The van der Waals surface area contributed by atoms with Gasteiger partial charge in [0, 0.05) is 0 Å². The van der Waals surface area contributed by atoms with Gasteiger partial charge in [-0.3, -0.25) is 0 Å². The highest BCUT2D eigenvalue weighted by Gasteiger charge is 2.40. The van der Waals surface area contributed by atoms with Gasteiger partial charge in [0.15, 0.2) is 0 Å². The molecule has 3 rings (SSSR count). The van der Waals surface area contributed by atoms with Gasteiger partial charge in [-0.2, -0.15) is 0 Å². The van der Waals surface area contributed by atoms with E-state index in [4.69, 9.17) is 9.15 Å². The second-order valence-corrected chi connectivity index (χ2v) is 8.86. The molecular formula is C25H32O4. The van der Waals surface area contributed by atoms with Gasteiger partial charge in [0.25, 0.3) is 0 Å². The summed E-state index contributed by atoms with van der Waals surface area (Å²) >= 11 is 0. The molecular weight excluding hydrogens is 364 g/mol. The summed E-state index contributed by atoms with van der Waals surface area (Å²) in [5.74, 6) is 0.879. The van der Waals surface area contributed by atoms with Crippen molar-refractivity contribution in [3.8, 4) is 5.75 Å². The summed E-state index contributed by atoms with van der Waals surface area (Å²) in [6.07, 6.45) is 5.41. The van der Waals surface area contributed by atoms with E-state index in [-0.39, 0.29) is 11.5 Å². The van der Waals surface area contributed by atoms with E-state index in [0.29, 0.717) is 23.9 Å². The van der Waals surface area contributed by atoms with E-state index >= 15 is 0 Å². The van der Waals surface area contributed by atoms with Crippen LogP contribution in [-0.4, -0.2) is 17.8 Å². The summed E-state index contributed by atoms with van der Waals surface area (Å²) in [6.45, 7) is 13.0. The highest BCUT2D eigenvalue weighted by molar-refractivity contribution is 5.86. The maximum Gasteiger partial charge on any atom is 0.339 e. The zero-order valence-corrected chi connectivity index (χ0v) is 18.0. The summed E-state index contributed by atoms with van der Waals surface area (Å²) in [7, 11) is 0. The summed E-state index contributed by atoms with van der Waals surface area (Å²) in [6, 6.07) is 7.04. The van der Waals surface area contributed by atoms with E-state index in [9.17, 15) is 9.90 Å². The van der Waals surface area contributed by atoms with Crippen LogP contribution in [0.1, 0.15) is 52.0 Å². The molecule has 0 aliphatic heterocycles. The molecule has 0 amide bonds. The van der Waals surface area contributed by atoms with Gasteiger partial charge in [-0.15, -0.1) is 0 Å². The molecule has 0 bridgehead atoms. The highest BCUT2D eigenvalue weighted by atomic mass is 16.5. The third kappa shape index (κ3) is 4.64. The standard InChI is InChI=1S/C25H32O4/c1-16(9-11-19-17(2)10-12-22(26)25(19,4)5)13-14-28-21-15-23(27)29-20-8-6-7-18(3)24(20)21/h6-8,13,15,19,22,26H,2,9-12,14H2,1,3-5H3. The number of fused-ring (bicyclic) bond motifs is 1. The SMILES string of the molecule is C=C1CCC(O)C(C)(C)C1CCC(C)=CCOc1cc(=O)oc2cccc(C)c12. The first-order valence-electron chi connectivity index (χ1n) is 10.4. The Morgan fingerprint density at radius 2 is 2.17 bits per heavy atom. The Kier molecular flexibility index (Phi) is 6.33. The minimum Gasteiger partial charge on any atom is -0.488 e. The molecule has 1 N–H and O–H groups in total. The largest absolute Gasteiger partial charge is 0.488 e. The molecule has 2 unspecified atom stereocenters. The van der Waals surface area contributed by atoms with Gasteiger partial charge in [0.2, 0.25) is 0 Å². The molecule has 2 atom stereocenters. The summed E-state index contributed by atoms with van der Waals surface area (Å²) < 4.78 is 11.2. The minimum absolute atomic E-state index is 0.138. The van der Waals surface area contributed by atoms with Crippen molar-refractivity contribution in [2.75, 3.05) is 6.61 Å². The molecule has 4 heteroatoms. The van der Waals surface area contributed by atoms with E-state index in [1.807, 2.05) is 19.1 Å². The van der Waals surface area contributed by atoms with E-state index < -0.39 is 5.63 Å². The Labute approximate surface area is 172 Å². The molecule has 1 aliphatic rings. The fourth-order valence-corrected chi connectivity index (χ4v) is 4.42. The Morgan fingerprint density at radius 3 is 2.93 bits per heavy atom. The Balaban J connectivity index is 1.65. The molecule has 0 radical (unpaired) electrons. The van der Waals surface area contributed by atoms with E-state index in [1.54, 1.807) is 6.07 Å². The van der Waals surface area contributed by atoms with Crippen molar-refractivity contribution in [3.05, 3.63) is 64.1 Å². The predicted molar refractivity (Wildman–Crippen MR) is 117 cm³/mol. The van der Waals surface area contributed by atoms with Gasteiger partial charge >= 0.3 is 5.63 Å². The Hall–Kier alpha value is -2.33. The van der Waals surface area contributed by atoms with Crippen LogP contribution in [0.3, 0.4) is 0 Å². The topological polar surface area (TPSA) is 59.7 Å². The van der Waals surface area contributed by atoms with Crippen LogP contribution < -0.4 is 10.4 Å². The van der Waals surface area contributed by atoms with Crippen LogP contribution in [0.5, 0.6) is 5.75 Å². The molecule has 1 aromatic heterocycles. The van der Waals surface area contributed by atoms with Crippen LogP contribution in [0, 0.1) is 18.3 Å². The van der Waals surface area contributed by atoms with E-state index in [0.717, 1.165) is 36.6 Å². The van der Waals surface area contributed by atoms with Crippen molar-refractivity contribution in [1.82, 2.24) is 0 Å². The van der Waals surface area contributed by atoms with Gasteiger partial charge < -0.3 is 14.3 Å². The predicted octanol–water partition coefficient (Wildman–Crippen LogP) is 5.56. The second-order valence-electron chi connectivity index (χ2n) is 8.86. The fourth-order valence-electron chi connectivity index (χ4n) is 4.42. The van der Waals surface area contributed by atoms with E-state index in [2.05, 4.69) is 33.4 Å². The maximum atomic E-state index is 11.8. The molecule has 2 aromatic rings. The highest BCUT2D eigenvalue weighted by Crippen LogP contribution is 2.45. The summed E-state index contributed by atoms with van der Waals surface area (Å²) in [5.41, 5.74) is 3.50. The van der Waals surface area contributed by atoms with Crippen molar-refractivity contribution < 1.29 is 14.3 Å². The lowest BCUT2D eigenvalue weighted by molar-refractivity contribution is -0.00881. The summed E-state index contributed by atoms with van der Waals surface area (Å²) in [4.78, 5) is 11.8. The summed E-state index contributed by atoms with van der Waals surface area (Å²) in [5, 5.41) is 11.2. The molecule has 0 saturated heterocycles. The van der Waals surface area contributed by atoms with Gasteiger partial charge in [0.1, 0.15) is 17.9 Å². The number of hydrogen-bond donors (Lipinski definition) is 1. The van der Waals surface area contributed by atoms with Crippen LogP contribution in [-0.2, 0) is 0 Å². The van der Waals surface area contributed by atoms with Gasteiger partial charge in [0.05, 0.1) is 17.6 Å². The molecule has 1 fully saturated rings. The number of aryl methyl sites for hydroxylation is 1. The lowest BCUT2D eigenvalue weighted by Crippen LogP contribution is -2.41. The first-order chi connectivity index (χ1) is 13.7. The van der Waals surface area contributed by atoms with Crippen molar-refractivity contribution in [1.29, 1.82) is 0 Å². The van der Waals surface area contributed by atoms with Crippen LogP contribution in [0.25, 0.3) is 11.0 Å². The van der Waals surface area contributed by atoms with Gasteiger partial charge in [-0.05, 0) is 68.6 Å². The van der Waals surface area contributed by atoms with Gasteiger partial charge in [-0.25, -0.2) is 4.79 Å². The molecule has 156 valence electrons. The first-order valence-corrected chi connectivity index (χ1v) is 10.4. The molecule has 1 aromatic carbocycles. The number of aliphatic hydroxyl groups excluding tert-OH is 1. The molecule has 1 heterocycles. The smallest absolute Gasteiger partial charge is 0.339 e. The molecule has 1 saturated carbocycles. The molecule has 29 heavy (non-hydrogen) atoms. The van der Waals surface area contributed by atoms with Crippen LogP contribution in [0.15, 0.2) is 57.3 Å². The van der Waals surface area contributed by atoms with Crippen molar-refractivity contribution in [2.45, 2.75) is 59.5 Å². The maximum absolute atomic E-state index is 11.8. The fraction of sp³-hybridized carbons (Fsp3) is 0.480. The lowest BCUT2D eigenvalue weighted by Gasteiger charge is -2.44. The Morgan fingerprint density at radius 1 is 1.41 bits per heavy atom. The van der Waals surface area contributed by atoms with Crippen molar-refractivity contribution in [2.24, 2.45) is 11.3 Å². The minimum atomic E-state index is -0.407. The molecule has 4 nitrogen and oxygen atoms in total.